The molecule has 0 aromatic heterocycles. The maximum atomic E-state index is 3.96. The summed E-state index contributed by atoms with van der Waals surface area (Å²) < 4.78 is 2.34. The topological polar surface area (TPSA) is 0 Å². The van der Waals surface area contributed by atoms with Gasteiger partial charge in [0.1, 0.15) is 0 Å². The first-order chi connectivity index (χ1) is 15.7. The number of rotatable bonds is 0. The molecule has 0 saturated carbocycles. The van der Waals surface area contributed by atoms with E-state index in [0.717, 1.165) is 0 Å². The first-order valence-corrected chi connectivity index (χ1v) is 12.4. The van der Waals surface area contributed by atoms with Gasteiger partial charge in [-0.1, -0.05) is 92.5 Å². The van der Waals surface area contributed by atoms with Crippen molar-refractivity contribution < 1.29 is 0 Å². The van der Waals surface area contributed by atoms with Crippen LogP contribution in [0.5, 0.6) is 0 Å². The van der Waals surface area contributed by atoms with Crippen LogP contribution < -0.4 is 0 Å². The molecule has 0 atom stereocenters. The second-order valence-corrected chi connectivity index (χ2v) is 10.8. The lowest BCUT2D eigenvalue weighted by Gasteiger charge is -2.12. The summed E-state index contributed by atoms with van der Waals surface area (Å²) in [6, 6.07) is 27.4. The van der Waals surface area contributed by atoms with Gasteiger partial charge in [-0.3, -0.25) is 0 Å². The first kappa shape index (κ1) is 16.7. The largest absolute Gasteiger partial charge is 0.0610 e. The molecule has 0 spiro atoms. The van der Waals surface area contributed by atoms with E-state index in [9.17, 15) is 0 Å². The van der Waals surface area contributed by atoms with Crippen molar-refractivity contribution in [1.82, 2.24) is 0 Å². The van der Waals surface area contributed by atoms with Gasteiger partial charge in [0.2, 0.25) is 0 Å². The summed E-state index contributed by atoms with van der Waals surface area (Å²) in [5.74, 6) is 0. The molecule has 0 nitrogen and oxygen atoms in total. The maximum Gasteiger partial charge on any atom is 0.0260 e. The van der Waals surface area contributed by atoms with Gasteiger partial charge in [0.15, 0.2) is 0 Å². The highest BCUT2D eigenvalue weighted by molar-refractivity contribution is 9.11. The minimum absolute atomic E-state index is 1.17. The van der Waals surface area contributed by atoms with Crippen LogP contribution in [0.4, 0.5) is 0 Å². The third-order valence-corrected chi connectivity index (χ3v) is 9.08. The maximum absolute atomic E-state index is 3.96. The molecule has 9 aromatic rings. The Kier molecular flexibility index (Phi) is 2.69. The molecule has 9 aromatic carbocycles. The summed E-state index contributed by atoms with van der Waals surface area (Å²) in [6.07, 6.45) is 0. The van der Waals surface area contributed by atoms with Gasteiger partial charge in [0.25, 0.3) is 0 Å². The lowest BCUT2D eigenvalue weighted by atomic mass is 9.93. The van der Waals surface area contributed by atoms with E-state index in [0.29, 0.717) is 0 Å². The standard InChI is InChI=1S/C30H12Br2/c31-21-11-19-15-5-1-3-13-7-9-17-22(32)12-20-16-6-2-4-14-8-10-18(21)25-27(19)29(23(13)15)26(17)28(20)30(25)24(14)16/h1-12H. The Balaban J connectivity index is 1.91. The van der Waals surface area contributed by atoms with Gasteiger partial charge < -0.3 is 0 Å². The van der Waals surface area contributed by atoms with Gasteiger partial charge in [-0.15, -0.1) is 0 Å². The number of hydrogen-bond acceptors (Lipinski definition) is 0. The quantitative estimate of drug-likeness (QED) is 0.171. The molecule has 0 aliphatic carbocycles. The highest BCUT2D eigenvalue weighted by atomic mass is 79.9. The zero-order valence-corrected chi connectivity index (χ0v) is 19.9. The second kappa shape index (κ2) is 5.17. The van der Waals surface area contributed by atoms with Crippen LogP contribution in [0.2, 0.25) is 0 Å². The fraction of sp³-hybridized carbons (Fsp3) is 0. The van der Waals surface area contributed by atoms with Crippen LogP contribution in [0.1, 0.15) is 0 Å². The molecular weight excluding hydrogens is 520 g/mol. The first-order valence-electron chi connectivity index (χ1n) is 10.8. The van der Waals surface area contributed by atoms with Crippen LogP contribution >= 0.6 is 31.9 Å². The average Bonchev–Trinajstić information content (AvgIpc) is 3.14. The third kappa shape index (κ3) is 1.60. The van der Waals surface area contributed by atoms with E-state index in [4.69, 9.17) is 0 Å². The van der Waals surface area contributed by atoms with Crippen LogP contribution in [0.3, 0.4) is 0 Å². The molecule has 0 fully saturated rings. The van der Waals surface area contributed by atoms with Crippen molar-refractivity contribution in [2.75, 3.05) is 0 Å². The third-order valence-electron chi connectivity index (χ3n) is 7.77. The average molecular weight is 532 g/mol. The second-order valence-electron chi connectivity index (χ2n) is 9.10. The molecule has 0 radical (unpaired) electrons. The summed E-state index contributed by atoms with van der Waals surface area (Å²) >= 11 is 7.91. The highest BCUT2D eigenvalue weighted by Crippen LogP contribution is 2.56. The minimum Gasteiger partial charge on any atom is -0.0610 e. The predicted molar refractivity (Wildman–Crippen MR) is 147 cm³/mol. The molecule has 32 heavy (non-hydrogen) atoms. The van der Waals surface area contributed by atoms with E-state index < -0.39 is 0 Å². The Bertz CT molecular complexity index is 2040. The van der Waals surface area contributed by atoms with Crippen LogP contribution in [0, 0.1) is 0 Å². The van der Waals surface area contributed by atoms with Crippen molar-refractivity contribution in [3.8, 4) is 0 Å². The van der Waals surface area contributed by atoms with Gasteiger partial charge in [-0.2, -0.15) is 0 Å². The molecule has 2 heteroatoms. The summed E-state index contributed by atoms with van der Waals surface area (Å²) in [5.41, 5.74) is 0. The fourth-order valence-electron chi connectivity index (χ4n) is 6.64. The molecule has 0 unspecified atom stereocenters. The molecule has 0 bridgehead atoms. The van der Waals surface area contributed by atoms with Crippen molar-refractivity contribution >= 4 is 118 Å². The van der Waals surface area contributed by atoms with E-state index in [1.807, 2.05) is 0 Å². The van der Waals surface area contributed by atoms with Crippen molar-refractivity contribution in [3.05, 3.63) is 81.7 Å². The fourth-order valence-corrected chi connectivity index (χ4v) is 7.76. The van der Waals surface area contributed by atoms with Gasteiger partial charge in [-0.25, -0.2) is 0 Å². The van der Waals surface area contributed by atoms with Crippen molar-refractivity contribution in [2.24, 2.45) is 0 Å². The number of halogens is 2. The Labute approximate surface area is 199 Å². The number of hydrogen-bond donors (Lipinski definition) is 0. The lowest BCUT2D eigenvalue weighted by Crippen LogP contribution is -1.83. The molecule has 0 saturated heterocycles. The van der Waals surface area contributed by atoms with E-state index in [1.54, 1.807) is 0 Å². The molecular formula is C30H12Br2. The van der Waals surface area contributed by atoms with Crippen LogP contribution in [-0.4, -0.2) is 0 Å². The molecule has 0 aliphatic rings. The summed E-state index contributed by atoms with van der Waals surface area (Å²) in [4.78, 5) is 0. The number of benzene rings is 5. The van der Waals surface area contributed by atoms with Crippen molar-refractivity contribution in [3.63, 3.8) is 0 Å². The molecule has 0 N–H and O–H groups in total. The molecule has 9 rings (SSSR count). The monoisotopic (exact) mass is 530 g/mol. The zero-order valence-electron chi connectivity index (χ0n) is 16.7. The summed E-state index contributed by atoms with van der Waals surface area (Å²) in [7, 11) is 0. The highest BCUT2D eigenvalue weighted by Gasteiger charge is 2.27. The van der Waals surface area contributed by atoms with Crippen LogP contribution in [0.25, 0.3) is 86.2 Å². The zero-order chi connectivity index (χ0) is 20.9. The summed E-state index contributed by atoms with van der Waals surface area (Å²) in [6.45, 7) is 0. The van der Waals surface area contributed by atoms with E-state index in [2.05, 4.69) is 105 Å². The van der Waals surface area contributed by atoms with E-state index in [1.165, 1.54) is 95.1 Å². The Morgan fingerprint density at radius 1 is 0.344 bits per heavy atom. The smallest absolute Gasteiger partial charge is 0.0260 e. The lowest BCUT2D eigenvalue weighted by molar-refractivity contribution is 1.83. The normalized spacial score (nSPS) is 13.3. The molecule has 0 heterocycles. The Morgan fingerprint density at radius 3 is 1.25 bits per heavy atom. The van der Waals surface area contributed by atoms with Crippen molar-refractivity contribution in [2.45, 2.75) is 0 Å². The van der Waals surface area contributed by atoms with Gasteiger partial charge >= 0.3 is 0 Å². The van der Waals surface area contributed by atoms with Crippen molar-refractivity contribution in [1.29, 1.82) is 0 Å². The van der Waals surface area contributed by atoms with E-state index in [-0.39, 0.29) is 0 Å². The van der Waals surface area contributed by atoms with Gasteiger partial charge in [-0.05, 0) is 98.3 Å². The predicted octanol–water partition coefficient (Wildman–Crippen LogP) is 10.2. The molecule has 0 amide bonds. The van der Waals surface area contributed by atoms with E-state index >= 15 is 0 Å². The Hall–Kier alpha value is -2.94. The number of fused-ring (bicyclic) bond motifs is 2. The van der Waals surface area contributed by atoms with Crippen LogP contribution in [0.15, 0.2) is 81.7 Å². The molecule has 146 valence electrons. The van der Waals surface area contributed by atoms with Crippen LogP contribution in [-0.2, 0) is 0 Å². The Morgan fingerprint density at radius 2 is 0.781 bits per heavy atom. The minimum atomic E-state index is 1.17. The van der Waals surface area contributed by atoms with Gasteiger partial charge in [0.05, 0.1) is 0 Å². The molecule has 0 aliphatic heterocycles. The van der Waals surface area contributed by atoms with Gasteiger partial charge in [0, 0.05) is 8.95 Å². The SMILES string of the molecule is Brc1cc2c3cccc4ccc5c(Br)cc6c7cccc8ccc1c1c2c(c43)c5c6c1c87. The summed E-state index contributed by atoms with van der Waals surface area (Å²) in [5, 5.41) is 21.8.